The van der Waals surface area contributed by atoms with Crippen LogP contribution in [0.25, 0.3) is 0 Å². The van der Waals surface area contributed by atoms with E-state index in [1.807, 2.05) is 0 Å². The molecule has 0 aromatic heterocycles. The Morgan fingerprint density at radius 2 is 1.89 bits per heavy atom. The third-order valence-electron chi connectivity index (χ3n) is 3.12. The van der Waals surface area contributed by atoms with E-state index in [1.54, 1.807) is 13.8 Å². The van der Waals surface area contributed by atoms with Crippen molar-refractivity contribution in [3.05, 3.63) is 29.1 Å². The van der Waals surface area contributed by atoms with Gasteiger partial charge in [-0.2, -0.15) is 4.31 Å². The smallest absolute Gasteiger partial charge is 0.207 e. The number of benzene rings is 1. The van der Waals surface area contributed by atoms with Crippen molar-refractivity contribution in [1.29, 1.82) is 0 Å². The van der Waals surface area contributed by atoms with E-state index in [0.29, 0.717) is 30.6 Å². The Balaban J connectivity index is 2.48. The van der Waals surface area contributed by atoms with Gasteiger partial charge in [0.15, 0.2) is 0 Å². The van der Waals surface area contributed by atoms with E-state index >= 15 is 0 Å². The van der Waals surface area contributed by atoms with Gasteiger partial charge in [-0.1, -0.05) is 0 Å². The van der Waals surface area contributed by atoms with Crippen LogP contribution >= 0.6 is 11.6 Å². The van der Waals surface area contributed by atoms with Crippen molar-refractivity contribution in [1.82, 2.24) is 4.31 Å². The fraction of sp³-hybridized carbons (Fsp3) is 0.500. The average molecular weight is 292 g/mol. The summed E-state index contributed by atoms with van der Waals surface area (Å²) in [6, 6.07) is 2.49. The molecule has 0 aliphatic carbocycles. The zero-order valence-corrected chi connectivity index (χ0v) is 11.9. The fourth-order valence-corrected chi connectivity index (χ4v) is 4.60. The van der Waals surface area contributed by atoms with E-state index in [9.17, 15) is 12.8 Å². The Bertz CT molecular complexity index is 550. The van der Waals surface area contributed by atoms with E-state index in [-0.39, 0.29) is 10.3 Å². The highest BCUT2D eigenvalue weighted by Gasteiger charge is 2.33. The van der Waals surface area contributed by atoms with Crippen molar-refractivity contribution in [3.63, 3.8) is 0 Å². The molecule has 18 heavy (non-hydrogen) atoms. The van der Waals surface area contributed by atoms with Crippen LogP contribution in [-0.2, 0) is 10.0 Å². The second-order valence-electron chi connectivity index (χ2n) is 4.62. The summed E-state index contributed by atoms with van der Waals surface area (Å²) in [5.41, 5.74) is 0.871. The second kappa shape index (κ2) is 4.79. The number of nitrogens with zero attached hydrogens (tertiary/aromatic N) is 1. The molecular weight excluding hydrogens is 277 g/mol. The molecule has 1 aliphatic rings. The average Bonchev–Trinajstić information content (AvgIpc) is 2.63. The molecule has 1 unspecified atom stereocenters. The van der Waals surface area contributed by atoms with Crippen LogP contribution in [0.4, 0.5) is 4.39 Å². The summed E-state index contributed by atoms with van der Waals surface area (Å²) < 4.78 is 39.5. The molecule has 1 atom stereocenters. The van der Waals surface area contributed by atoms with Crippen LogP contribution in [0.3, 0.4) is 0 Å². The SMILES string of the molecule is Cc1cc(F)cc(C)c1S(=O)(=O)N1CCC(Cl)C1. The molecular formula is C12H15ClFNO2S. The number of hydrogen-bond acceptors (Lipinski definition) is 2. The summed E-state index contributed by atoms with van der Waals surface area (Å²) in [6.45, 7) is 3.96. The maximum Gasteiger partial charge on any atom is 0.243 e. The van der Waals surface area contributed by atoms with E-state index in [2.05, 4.69) is 0 Å². The molecule has 2 rings (SSSR count). The second-order valence-corrected chi connectivity index (χ2v) is 7.11. The van der Waals surface area contributed by atoms with Crippen molar-refractivity contribution in [2.24, 2.45) is 0 Å². The molecule has 1 aromatic rings. The predicted octanol–water partition coefficient (Wildman–Crippen LogP) is 2.44. The van der Waals surface area contributed by atoms with Gasteiger partial charge in [-0.3, -0.25) is 0 Å². The van der Waals surface area contributed by atoms with Gasteiger partial charge in [0.1, 0.15) is 5.82 Å². The summed E-state index contributed by atoms with van der Waals surface area (Å²) >= 11 is 5.94. The van der Waals surface area contributed by atoms with Crippen molar-refractivity contribution in [3.8, 4) is 0 Å². The van der Waals surface area contributed by atoms with Gasteiger partial charge >= 0.3 is 0 Å². The van der Waals surface area contributed by atoms with Crippen LogP contribution in [0, 0.1) is 19.7 Å². The normalized spacial score (nSPS) is 21.4. The highest BCUT2D eigenvalue weighted by molar-refractivity contribution is 7.89. The fourth-order valence-electron chi connectivity index (χ4n) is 2.34. The lowest BCUT2D eigenvalue weighted by Crippen LogP contribution is -2.30. The first-order valence-electron chi connectivity index (χ1n) is 5.73. The number of aryl methyl sites for hydroxylation is 2. The Hall–Kier alpha value is -0.650. The van der Waals surface area contributed by atoms with Gasteiger partial charge in [0.05, 0.1) is 4.90 Å². The zero-order chi connectivity index (χ0) is 13.5. The summed E-state index contributed by atoms with van der Waals surface area (Å²) in [5, 5.41) is -0.138. The number of halogens is 2. The van der Waals surface area contributed by atoms with Gasteiger partial charge in [-0.05, 0) is 43.5 Å². The lowest BCUT2D eigenvalue weighted by molar-refractivity contribution is 0.476. The van der Waals surface area contributed by atoms with Crippen LogP contribution in [0.1, 0.15) is 17.5 Å². The van der Waals surface area contributed by atoms with E-state index in [4.69, 9.17) is 11.6 Å². The summed E-state index contributed by atoms with van der Waals surface area (Å²) in [5.74, 6) is -0.416. The monoisotopic (exact) mass is 291 g/mol. The molecule has 0 spiro atoms. The third-order valence-corrected chi connectivity index (χ3v) is 5.64. The molecule has 0 N–H and O–H groups in total. The first-order valence-corrected chi connectivity index (χ1v) is 7.61. The molecule has 1 fully saturated rings. The molecule has 100 valence electrons. The minimum atomic E-state index is -3.57. The molecule has 0 radical (unpaired) electrons. The van der Waals surface area contributed by atoms with Crippen LogP contribution in [0.15, 0.2) is 17.0 Å². The summed E-state index contributed by atoms with van der Waals surface area (Å²) in [6.07, 6.45) is 0.653. The van der Waals surface area contributed by atoms with E-state index in [1.165, 1.54) is 16.4 Å². The molecule has 1 heterocycles. The molecule has 1 aromatic carbocycles. The number of alkyl halides is 1. The maximum atomic E-state index is 13.2. The Morgan fingerprint density at radius 1 is 1.33 bits per heavy atom. The molecule has 6 heteroatoms. The lowest BCUT2D eigenvalue weighted by atomic mass is 10.1. The maximum absolute atomic E-state index is 13.2. The first kappa shape index (κ1) is 13.8. The minimum Gasteiger partial charge on any atom is -0.207 e. The molecule has 0 bridgehead atoms. The molecule has 1 saturated heterocycles. The van der Waals surface area contributed by atoms with Crippen LogP contribution in [0.2, 0.25) is 0 Å². The largest absolute Gasteiger partial charge is 0.243 e. The topological polar surface area (TPSA) is 37.4 Å². The lowest BCUT2D eigenvalue weighted by Gasteiger charge is -2.19. The van der Waals surface area contributed by atoms with Gasteiger partial charge in [-0.15, -0.1) is 11.6 Å². The zero-order valence-electron chi connectivity index (χ0n) is 10.3. The van der Waals surface area contributed by atoms with E-state index < -0.39 is 15.8 Å². The van der Waals surface area contributed by atoms with Crippen LogP contribution < -0.4 is 0 Å². The third kappa shape index (κ3) is 2.39. The molecule has 0 amide bonds. The minimum absolute atomic E-state index is 0.138. The highest BCUT2D eigenvalue weighted by Crippen LogP contribution is 2.28. The number of sulfonamides is 1. The van der Waals surface area contributed by atoms with Crippen molar-refractivity contribution in [2.45, 2.75) is 30.5 Å². The van der Waals surface area contributed by atoms with Crippen LogP contribution in [-0.4, -0.2) is 31.2 Å². The Labute approximate surface area is 112 Å². The van der Waals surface area contributed by atoms with Crippen molar-refractivity contribution < 1.29 is 12.8 Å². The number of rotatable bonds is 2. The number of hydrogen-bond donors (Lipinski definition) is 0. The summed E-state index contributed by atoms with van der Waals surface area (Å²) in [4.78, 5) is 0.203. The van der Waals surface area contributed by atoms with Crippen molar-refractivity contribution in [2.75, 3.05) is 13.1 Å². The molecule has 1 aliphatic heterocycles. The first-order chi connectivity index (χ1) is 8.32. The van der Waals surface area contributed by atoms with Gasteiger partial charge in [0, 0.05) is 18.5 Å². The summed E-state index contributed by atoms with van der Waals surface area (Å²) in [7, 11) is -3.57. The quantitative estimate of drug-likeness (QED) is 0.785. The van der Waals surface area contributed by atoms with E-state index in [0.717, 1.165) is 0 Å². The molecule has 0 saturated carbocycles. The standard InChI is InChI=1S/C12H15ClFNO2S/c1-8-5-11(14)6-9(2)12(8)18(16,17)15-4-3-10(13)7-15/h5-6,10H,3-4,7H2,1-2H3. The van der Waals surface area contributed by atoms with Crippen LogP contribution in [0.5, 0.6) is 0 Å². The Kier molecular flexibility index (Phi) is 3.67. The highest BCUT2D eigenvalue weighted by atomic mass is 35.5. The van der Waals surface area contributed by atoms with Gasteiger partial charge in [-0.25, -0.2) is 12.8 Å². The molecule has 3 nitrogen and oxygen atoms in total. The van der Waals surface area contributed by atoms with Gasteiger partial charge in [0.25, 0.3) is 0 Å². The van der Waals surface area contributed by atoms with Crippen molar-refractivity contribution >= 4 is 21.6 Å². The van der Waals surface area contributed by atoms with Gasteiger partial charge < -0.3 is 0 Å². The predicted molar refractivity (Wildman–Crippen MR) is 68.9 cm³/mol. The van der Waals surface area contributed by atoms with Gasteiger partial charge in [0.2, 0.25) is 10.0 Å². The Morgan fingerprint density at radius 3 is 2.33 bits per heavy atom.